The number of rotatable bonds is 6. The molecule has 31 heavy (non-hydrogen) atoms. The largest absolute Gasteiger partial charge is 0.470 e. The average Bonchev–Trinajstić information content (AvgIpc) is 3.12. The van der Waals surface area contributed by atoms with Gasteiger partial charge in [0.05, 0.1) is 28.8 Å². The molecule has 160 valence electrons. The van der Waals surface area contributed by atoms with Crippen molar-refractivity contribution in [2.45, 2.75) is 13.5 Å². The van der Waals surface area contributed by atoms with Crippen LogP contribution in [0.1, 0.15) is 6.92 Å². The summed E-state index contributed by atoms with van der Waals surface area (Å²) in [6, 6.07) is 7.32. The van der Waals surface area contributed by atoms with Crippen LogP contribution in [0.2, 0.25) is 0 Å². The number of pyridine rings is 3. The number of nitrogens with zero attached hydrogens (tertiary/aromatic N) is 4. The predicted octanol–water partition coefficient (Wildman–Crippen LogP) is 3.21. The molecule has 0 bridgehead atoms. The van der Waals surface area contributed by atoms with Crippen molar-refractivity contribution in [1.82, 2.24) is 19.1 Å². The molecule has 4 aromatic rings. The van der Waals surface area contributed by atoms with Gasteiger partial charge in [-0.3, -0.25) is 14.2 Å². The highest BCUT2D eigenvalue weighted by Crippen LogP contribution is 2.31. The molecule has 0 amide bonds. The summed E-state index contributed by atoms with van der Waals surface area (Å²) in [5.74, 6) is -0.273. The molecule has 8 nitrogen and oxygen atoms in total. The summed E-state index contributed by atoms with van der Waals surface area (Å²) in [6.07, 6.45) is 2.82. The third kappa shape index (κ3) is 4.04. The summed E-state index contributed by atoms with van der Waals surface area (Å²) in [5.41, 5.74) is 0.916. The summed E-state index contributed by atoms with van der Waals surface area (Å²) in [7, 11) is 1.59. The minimum absolute atomic E-state index is 0.208. The van der Waals surface area contributed by atoms with Crippen molar-refractivity contribution in [2.24, 2.45) is 7.05 Å². The highest BCUT2D eigenvalue weighted by Gasteiger charge is 2.18. The van der Waals surface area contributed by atoms with Gasteiger partial charge in [-0.05, 0) is 25.1 Å². The summed E-state index contributed by atoms with van der Waals surface area (Å²) in [6.45, 7) is -0.785. The highest BCUT2D eigenvalue weighted by molar-refractivity contribution is 7.20. The predicted molar refractivity (Wildman–Crippen MR) is 111 cm³/mol. The van der Waals surface area contributed by atoms with Crippen LogP contribution in [0.5, 0.6) is 11.1 Å². The van der Waals surface area contributed by atoms with E-state index < -0.39 is 12.2 Å². The topological polar surface area (TPSA) is 88.2 Å². The highest BCUT2D eigenvalue weighted by atomic mass is 32.1. The van der Waals surface area contributed by atoms with E-state index in [0.717, 1.165) is 0 Å². The second-order valence-electron chi connectivity index (χ2n) is 6.40. The Morgan fingerprint density at radius 3 is 2.65 bits per heavy atom. The molecule has 0 radical (unpaired) electrons. The molecular formula is C20H16F2N4O4S. The molecule has 11 heteroatoms. The van der Waals surface area contributed by atoms with Crippen LogP contribution in [-0.2, 0) is 7.05 Å². The first kappa shape index (κ1) is 20.7. The Morgan fingerprint density at radius 1 is 1.19 bits per heavy atom. The van der Waals surface area contributed by atoms with Crippen LogP contribution in [0.15, 0.2) is 52.3 Å². The van der Waals surface area contributed by atoms with E-state index in [2.05, 4.69) is 14.7 Å². The second-order valence-corrected chi connectivity index (χ2v) is 7.39. The number of aromatic nitrogens is 4. The van der Waals surface area contributed by atoms with E-state index in [-0.39, 0.29) is 11.4 Å². The number of alkyl halides is 2. The van der Waals surface area contributed by atoms with Gasteiger partial charge in [-0.15, -0.1) is 0 Å². The fourth-order valence-corrected chi connectivity index (χ4v) is 3.92. The van der Waals surface area contributed by atoms with E-state index in [0.29, 0.717) is 39.0 Å². The number of ether oxygens (including phenoxy) is 2. The van der Waals surface area contributed by atoms with Gasteiger partial charge < -0.3 is 14.0 Å². The molecule has 4 aromatic heterocycles. The van der Waals surface area contributed by atoms with Gasteiger partial charge in [-0.1, -0.05) is 11.3 Å². The van der Waals surface area contributed by atoms with Crippen LogP contribution in [0.3, 0.4) is 0 Å². The zero-order chi connectivity index (χ0) is 22.1. The smallest absolute Gasteiger partial charge is 0.388 e. The first-order valence-corrected chi connectivity index (χ1v) is 9.96. The molecule has 0 aromatic carbocycles. The number of hydrogen-bond acceptors (Lipinski definition) is 7. The van der Waals surface area contributed by atoms with E-state index in [4.69, 9.17) is 4.74 Å². The standard InChI is InChI=1S/C20H16F2N4O4S/c1-3-29-20-24-17-14(31-20)8-13(11-4-7-16(27)25(2)10-11)18(28)26(17)12-5-6-15(23-9-12)30-19(21)22/h4-10,19H,3H2,1-2H3. The molecular weight excluding hydrogens is 430 g/mol. The number of halogens is 2. The van der Waals surface area contributed by atoms with Crippen molar-refractivity contribution in [3.8, 4) is 27.9 Å². The van der Waals surface area contributed by atoms with Crippen LogP contribution >= 0.6 is 11.3 Å². The molecule has 0 spiro atoms. The number of fused-ring (bicyclic) bond motifs is 1. The maximum atomic E-state index is 13.4. The molecule has 0 aliphatic rings. The number of aryl methyl sites for hydroxylation is 1. The quantitative estimate of drug-likeness (QED) is 0.452. The lowest BCUT2D eigenvalue weighted by Crippen LogP contribution is -2.22. The van der Waals surface area contributed by atoms with Crippen LogP contribution in [0, 0.1) is 0 Å². The van der Waals surface area contributed by atoms with E-state index in [1.807, 2.05) is 6.92 Å². The second kappa shape index (κ2) is 8.26. The van der Waals surface area contributed by atoms with Crippen molar-refractivity contribution in [1.29, 1.82) is 0 Å². The molecule has 0 saturated carbocycles. The summed E-state index contributed by atoms with van der Waals surface area (Å²) in [5, 5.41) is 0.383. The summed E-state index contributed by atoms with van der Waals surface area (Å²) < 4.78 is 38.0. The van der Waals surface area contributed by atoms with Crippen LogP contribution in [0.4, 0.5) is 8.78 Å². The molecule has 0 N–H and O–H groups in total. The minimum Gasteiger partial charge on any atom is -0.470 e. The Hall–Kier alpha value is -3.60. The van der Waals surface area contributed by atoms with E-state index >= 15 is 0 Å². The maximum Gasteiger partial charge on any atom is 0.388 e. The van der Waals surface area contributed by atoms with E-state index in [1.165, 1.54) is 44.9 Å². The van der Waals surface area contributed by atoms with E-state index in [1.54, 1.807) is 25.4 Å². The summed E-state index contributed by atoms with van der Waals surface area (Å²) in [4.78, 5) is 33.4. The van der Waals surface area contributed by atoms with E-state index in [9.17, 15) is 18.4 Å². The first-order valence-electron chi connectivity index (χ1n) is 9.15. The zero-order valence-corrected chi connectivity index (χ0v) is 17.2. The Bertz CT molecular complexity index is 1360. The zero-order valence-electron chi connectivity index (χ0n) is 16.4. The Labute approximate surface area is 178 Å². The van der Waals surface area contributed by atoms with Gasteiger partial charge in [0, 0.05) is 30.9 Å². The molecule has 0 saturated heterocycles. The fourth-order valence-electron chi connectivity index (χ4n) is 3.02. The summed E-state index contributed by atoms with van der Waals surface area (Å²) >= 11 is 1.26. The Morgan fingerprint density at radius 2 is 2.00 bits per heavy atom. The van der Waals surface area contributed by atoms with Crippen molar-refractivity contribution >= 4 is 21.7 Å². The third-order valence-electron chi connectivity index (χ3n) is 4.39. The minimum atomic E-state index is -3.01. The lowest BCUT2D eigenvalue weighted by atomic mass is 10.1. The SMILES string of the molecule is CCOc1nc2c(cc(-c3ccc(=O)n(C)c3)c(=O)n2-c2ccc(OC(F)F)nc2)s1. The van der Waals surface area contributed by atoms with Crippen LogP contribution in [-0.4, -0.2) is 32.3 Å². The van der Waals surface area contributed by atoms with Gasteiger partial charge in [-0.25, -0.2) is 4.98 Å². The molecule has 4 heterocycles. The van der Waals surface area contributed by atoms with Gasteiger partial charge in [0.2, 0.25) is 11.4 Å². The molecule has 0 atom stereocenters. The van der Waals surface area contributed by atoms with Crippen molar-refractivity contribution < 1.29 is 18.3 Å². The molecule has 0 aliphatic heterocycles. The Kier molecular flexibility index (Phi) is 5.51. The van der Waals surface area contributed by atoms with Gasteiger partial charge in [0.1, 0.15) is 0 Å². The van der Waals surface area contributed by atoms with Crippen molar-refractivity contribution in [3.05, 3.63) is 63.4 Å². The lowest BCUT2D eigenvalue weighted by Gasteiger charge is -2.11. The monoisotopic (exact) mass is 446 g/mol. The molecule has 0 fully saturated rings. The molecule has 0 aliphatic carbocycles. The number of hydrogen-bond donors (Lipinski definition) is 0. The van der Waals surface area contributed by atoms with Crippen LogP contribution < -0.4 is 20.6 Å². The first-order chi connectivity index (χ1) is 14.9. The third-order valence-corrected chi connectivity index (χ3v) is 5.29. The van der Waals surface area contributed by atoms with Gasteiger partial charge in [0.15, 0.2) is 5.65 Å². The molecule has 0 unspecified atom stereocenters. The lowest BCUT2D eigenvalue weighted by molar-refractivity contribution is -0.0528. The van der Waals surface area contributed by atoms with Crippen molar-refractivity contribution in [2.75, 3.05) is 6.61 Å². The Balaban J connectivity index is 1.95. The van der Waals surface area contributed by atoms with Gasteiger partial charge in [0.25, 0.3) is 10.8 Å². The maximum absolute atomic E-state index is 13.4. The van der Waals surface area contributed by atoms with Crippen molar-refractivity contribution in [3.63, 3.8) is 0 Å². The molecule has 4 rings (SSSR count). The average molecular weight is 446 g/mol. The van der Waals surface area contributed by atoms with Gasteiger partial charge in [-0.2, -0.15) is 13.8 Å². The normalized spacial score (nSPS) is 11.3. The van der Waals surface area contributed by atoms with Gasteiger partial charge >= 0.3 is 6.61 Å². The number of thiazole rings is 1. The fraction of sp³-hybridized carbons (Fsp3) is 0.200. The van der Waals surface area contributed by atoms with Crippen LogP contribution in [0.25, 0.3) is 27.2 Å².